The molecule has 72 valence electrons. The molecule has 6 heteroatoms. The van der Waals surface area contributed by atoms with E-state index in [2.05, 4.69) is 0 Å². The highest BCUT2D eigenvalue weighted by Crippen LogP contribution is 2.51. The van der Waals surface area contributed by atoms with Gasteiger partial charge in [-0.1, -0.05) is 0 Å². The zero-order chi connectivity index (χ0) is 9.62. The topological polar surface area (TPSA) is 20.2 Å². The van der Waals surface area contributed by atoms with Gasteiger partial charge in [0.05, 0.1) is 0 Å². The van der Waals surface area contributed by atoms with Crippen LogP contribution in [-0.2, 0) is 0 Å². The van der Waals surface area contributed by atoms with Gasteiger partial charge in [-0.2, -0.15) is 17.6 Å². The summed E-state index contributed by atoms with van der Waals surface area (Å²) in [4.78, 5) is 0. The van der Waals surface area contributed by atoms with Crippen molar-refractivity contribution in [1.29, 1.82) is 0 Å². The standard InChI is InChI=1S/C6H7F5O/c7-4(8)2-1-3-5(9,12)6(4,10)11/h12H,1-3H2. The number of rotatable bonds is 0. The summed E-state index contributed by atoms with van der Waals surface area (Å²) in [5.74, 6) is -13.5. The minimum absolute atomic E-state index is 0.449. The second-order valence-electron chi connectivity index (χ2n) is 2.89. The van der Waals surface area contributed by atoms with Gasteiger partial charge in [-0.3, -0.25) is 0 Å². The Morgan fingerprint density at radius 2 is 1.42 bits per heavy atom. The maximum Gasteiger partial charge on any atom is 0.367 e. The highest BCUT2D eigenvalue weighted by atomic mass is 19.3. The zero-order valence-corrected chi connectivity index (χ0v) is 5.96. The number of alkyl halides is 5. The average molecular weight is 190 g/mol. The first-order chi connectivity index (χ1) is 5.21. The van der Waals surface area contributed by atoms with Gasteiger partial charge < -0.3 is 5.11 Å². The lowest BCUT2D eigenvalue weighted by Gasteiger charge is -2.38. The Hall–Kier alpha value is -0.390. The molecule has 1 N–H and O–H groups in total. The Morgan fingerprint density at radius 3 is 1.75 bits per heavy atom. The molecule has 1 fully saturated rings. The average Bonchev–Trinajstić information content (AvgIpc) is 1.83. The Kier molecular flexibility index (Phi) is 1.86. The quantitative estimate of drug-likeness (QED) is 0.580. The van der Waals surface area contributed by atoms with E-state index in [0.29, 0.717) is 0 Å². The molecule has 0 amide bonds. The van der Waals surface area contributed by atoms with Gasteiger partial charge in [-0.05, 0) is 6.42 Å². The molecule has 1 aliphatic carbocycles. The van der Waals surface area contributed by atoms with Crippen molar-refractivity contribution in [2.75, 3.05) is 0 Å². The molecule has 0 aromatic rings. The summed E-state index contributed by atoms with van der Waals surface area (Å²) < 4.78 is 61.9. The van der Waals surface area contributed by atoms with Gasteiger partial charge in [0, 0.05) is 12.8 Å². The third-order valence-electron chi connectivity index (χ3n) is 1.94. The SMILES string of the molecule is OC1(F)CCCC(F)(F)C1(F)F. The summed E-state index contributed by atoms with van der Waals surface area (Å²) in [6, 6.07) is 0. The van der Waals surface area contributed by atoms with Crippen molar-refractivity contribution < 1.29 is 27.1 Å². The third-order valence-corrected chi connectivity index (χ3v) is 1.94. The van der Waals surface area contributed by atoms with Gasteiger partial charge >= 0.3 is 11.8 Å². The minimum Gasteiger partial charge on any atom is -0.357 e. The van der Waals surface area contributed by atoms with E-state index >= 15 is 0 Å². The molecule has 0 heterocycles. The Balaban J connectivity index is 2.99. The lowest BCUT2D eigenvalue weighted by molar-refractivity contribution is -0.352. The van der Waals surface area contributed by atoms with E-state index in [1.807, 2.05) is 0 Å². The molecule has 0 saturated heterocycles. The smallest absolute Gasteiger partial charge is 0.357 e. The van der Waals surface area contributed by atoms with Crippen LogP contribution in [0.2, 0.25) is 0 Å². The van der Waals surface area contributed by atoms with Crippen LogP contribution in [0.15, 0.2) is 0 Å². The molecule has 0 radical (unpaired) electrons. The summed E-state index contributed by atoms with van der Waals surface area (Å²) in [5.41, 5.74) is 0. The molecule has 0 aromatic carbocycles. The third kappa shape index (κ3) is 1.09. The van der Waals surface area contributed by atoms with E-state index in [4.69, 9.17) is 5.11 Å². The van der Waals surface area contributed by atoms with Gasteiger partial charge in [0.15, 0.2) is 0 Å². The van der Waals surface area contributed by atoms with Crippen molar-refractivity contribution in [2.45, 2.75) is 37.0 Å². The Labute approximate surface area is 65.2 Å². The van der Waals surface area contributed by atoms with E-state index < -0.39 is 37.0 Å². The van der Waals surface area contributed by atoms with E-state index in [9.17, 15) is 22.0 Å². The number of aliphatic hydroxyl groups is 1. The second-order valence-corrected chi connectivity index (χ2v) is 2.89. The molecular formula is C6H7F5O. The van der Waals surface area contributed by atoms with Crippen LogP contribution in [-0.4, -0.2) is 22.8 Å². The molecule has 1 aliphatic rings. The zero-order valence-electron chi connectivity index (χ0n) is 5.96. The highest BCUT2D eigenvalue weighted by Gasteiger charge is 2.71. The minimum atomic E-state index is -4.97. The molecule has 1 unspecified atom stereocenters. The van der Waals surface area contributed by atoms with Crippen molar-refractivity contribution in [3.63, 3.8) is 0 Å². The normalized spacial score (nSPS) is 39.5. The number of hydrogen-bond acceptors (Lipinski definition) is 1. The fourth-order valence-corrected chi connectivity index (χ4v) is 1.14. The van der Waals surface area contributed by atoms with Crippen LogP contribution in [0.25, 0.3) is 0 Å². The molecule has 1 nitrogen and oxygen atoms in total. The Bertz CT molecular complexity index is 170. The van der Waals surface area contributed by atoms with Crippen molar-refractivity contribution in [1.82, 2.24) is 0 Å². The first-order valence-electron chi connectivity index (χ1n) is 3.38. The first kappa shape index (κ1) is 9.70. The van der Waals surface area contributed by atoms with E-state index in [1.54, 1.807) is 0 Å². The molecule has 0 aliphatic heterocycles. The summed E-state index contributed by atoms with van der Waals surface area (Å²) in [6.45, 7) is 0. The van der Waals surface area contributed by atoms with Gasteiger partial charge in [0.1, 0.15) is 0 Å². The largest absolute Gasteiger partial charge is 0.367 e. The van der Waals surface area contributed by atoms with Crippen LogP contribution in [0, 0.1) is 0 Å². The molecule has 12 heavy (non-hydrogen) atoms. The molecule has 0 bridgehead atoms. The van der Waals surface area contributed by atoms with E-state index in [-0.39, 0.29) is 0 Å². The Morgan fingerprint density at radius 1 is 0.917 bits per heavy atom. The van der Waals surface area contributed by atoms with Gasteiger partial charge in [0.2, 0.25) is 0 Å². The predicted octanol–water partition coefficient (Wildman–Crippen LogP) is 2.10. The summed E-state index contributed by atoms with van der Waals surface area (Å²) in [7, 11) is 0. The van der Waals surface area contributed by atoms with Crippen LogP contribution < -0.4 is 0 Å². The first-order valence-corrected chi connectivity index (χ1v) is 3.38. The number of halogens is 5. The predicted molar refractivity (Wildman–Crippen MR) is 29.8 cm³/mol. The van der Waals surface area contributed by atoms with Gasteiger partial charge in [-0.15, -0.1) is 0 Å². The summed E-state index contributed by atoms with van der Waals surface area (Å²) in [5, 5.41) is 8.34. The van der Waals surface area contributed by atoms with Crippen molar-refractivity contribution in [3.8, 4) is 0 Å². The molecule has 1 saturated carbocycles. The van der Waals surface area contributed by atoms with Crippen LogP contribution in [0.3, 0.4) is 0 Å². The summed E-state index contributed by atoms with van der Waals surface area (Å²) in [6.07, 6.45) is -2.49. The van der Waals surface area contributed by atoms with Crippen LogP contribution in [0.4, 0.5) is 22.0 Å². The summed E-state index contributed by atoms with van der Waals surface area (Å²) >= 11 is 0. The van der Waals surface area contributed by atoms with E-state index in [0.717, 1.165) is 0 Å². The van der Waals surface area contributed by atoms with Crippen LogP contribution >= 0.6 is 0 Å². The second kappa shape index (κ2) is 2.31. The van der Waals surface area contributed by atoms with E-state index in [1.165, 1.54) is 0 Å². The lowest BCUT2D eigenvalue weighted by Crippen LogP contribution is -2.59. The van der Waals surface area contributed by atoms with Crippen LogP contribution in [0.5, 0.6) is 0 Å². The van der Waals surface area contributed by atoms with Crippen molar-refractivity contribution in [2.24, 2.45) is 0 Å². The highest BCUT2D eigenvalue weighted by molar-refractivity contribution is 4.99. The fraction of sp³-hybridized carbons (Fsp3) is 1.00. The monoisotopic (exact) mass is 190 g/mol. The fourth-order valence-electron chi connectivity index (χ4n) is 1.14. The number of hydrogen-bond donors (Lipinski definition) is 1. The van der Waals surface area contributed by atoms with Gasteiger partial charge in [0.25, 0.3) is 5.85 Å². The molecular weight excluding hydrogens is 183 g/mol. The molecule has 1 rings (SSSR count). The molecule has 0 aromatic heterocycles. The lowest BCUT2D eigenvalue weighted by atomic mass is 9.88. The van der Waals surface area contributed by atoms with Crippen molar-refractivity contribution in [3.05, 3.63) is 0 Å². The maximum absolute atomic E-state index is 12.5. The van der Waals surface area contributed by atoms with Gasteiger partial charge in [-0.25, -0.2) is 4.39 Å². The molecule has 1 atom stereocenters. The van der Waals surface area contributed by atoms with Crippen LogP contribution in [0.1, 0.15) is 19.3 Å². The molecule has 0 spiro atoms. The van der Waals surface area contributed by atoms with Crippen molar-refractivity contribution >= 4 is 0 Å². The maximum atomic E-state index is 12.5.